The zero-order valence-electron chi connectivity index (χ0n) is 13.0. The first kappa shape index (κ1) is 15.9. The van der Waals surface area contributed by atoms with Crippen LogP contribution >= 0.6 is 27.3 Å². The van der Waals surface area contributed by atoms with Crippen LogP contribution in [0.25, 0.3) is 10.2 Å². The van der Waals surface area contributed by atoms with Gasteiger partial charge in [0.25, 0.3) is 11.5 Å². The molecule has 0 aromatic carbocycles. The Morgan fingerprint density at radius 1 is 1.35 bits per heavy atom. The molecule has 0 radical (unpaired) electrons. The molecule has 3 heterocycles. The molecule has 0 spiro atoms. The average molecular weight is 396 g/mol. The van der Waals surface area contributed by atoms with Crippen LogP contribution in [0.15, 0.2) is 15.3 Å². The highest BCUT2D eigenvalue weighted by atomic mass is 79.9. The van der Waals surface area contributed by atoms with Gasteiger partial charge in [-0.05, 0) is 42.8 Å². The summed E-state index contributed by atoms with van der Waals surface area (Å²) in [4.78, 5) is 31.2. The van der Waals surface area contributed by atoms with Crippen LogP contribution in [-0.2, 0) is 7.05 Å². The van der Waals surface area contributed by atoms with E-state index in [2.05, 4.69) is 31.4 Å². The summed E-state index contributed by atoms with van der Waals surface area (Å²) >= 11 is 4.80. The molecule has 0 atom stereocenters. The van der Waals surface area contributed by atoms with Crippen LogP contribution < -0.4 is 11.0 Å². The molecule has 0 bridgehead atoms. The molecule has 0 aliphatic carbocycles. The van der Waals surface area contributed by atoms with Crippen molar-refractivity contribution < 1.29 is 4.79 Å². The number of nitrogens with zero attached hydrogens (tertiary/aromatic N) is 4. The van der Waals surface area contributed by atoms with E-state index in [9.17, 15) is 9.59 Å². The Morgan fingerprint density at radius 2 is 2.04 bits per heavy atom. The molecule has 23 heavy (non-hydrogen) atoms. The van der Waals surface area contributed by atoms with Crippen molar-refractivity contribution in [1.29, 1.82) is 0 Å². The molecule has 0 unspecified atom stereocenters. The summed E-state index contributed by atoms with van der Waals surface area (Å²) in [6, 6.07) is 1.78. The molecule has 3 aromatic heterocycles. The summed E-state index contributed by atoms with van der Waals surface area (Å²) in [6.07, 6.45) is 0. The van der Waals surface area contributed by atoms with Crippen molar-refractivity contribution in [2.24, 2.45) is 7.05 Å². The zero-order valence-corrected chi connectivity index (χ0v) is 15.4. The number of nitrogens with one attached hydrogen (secondary N) is 1. The van der Waals surface area contributed by atoms with Gasteiger partial charge >= 0.3 is 0 Å². The van der Waals surface area contributed by atoms with Crippen molar-refractivity contribution in [3.05, 3.63) is 43.0 Å². The fraction of sp³-hybridized carbons (Fsp3) is 0.286. The van der Waals surface area contributed by atoms with E-state index in [-0.39, 0.29) is 5.56 Å². The molecule has 7 nitrogen and oxygen atoms in total. The second-order valence-corrected chi connectivity index (χ2v) is 7.22. The lowest BCUT2D eigenvalue weighted by molar-refractivity contribution is 0.0996. The van der Waals surface area contributed by atoms with Crippen molar-refractivity contribution in [2.45, 2.75) is 20.8 Å². The molecular formula is C14H14BrN5O2S. The summed E-state index contributed by atoms with van der Waals surface area (Å²) in [5.41, 5.74) is 3.36. The third-order valence-electron chi connectivity index (χ3n) is 3.43. The Hall–Kier alpha value is -2.00. The van der Waals surface area contributed by atoms with E-state index in [1.165, 1.54) is 20.7 Å². The van der Waals surface area contributed by atoms with Gasteiger partial charge in [0.1, 0.15) is 16.3 Å². The van der Waals surface area contributed by atoms with E-state index in [0.717, 1.165) is 4.88 Å². The highest BCUT2D eigenvalue weighted by Gasteiger charge is 2.20. The van der Waals surface area contributed by atoms with Gasteiger partial charge in [0, 0.05) is 11.9 Å². The monoisotopic (exact) mass is 395 g/mol. The van der Waals surface area contributed by atoms with Gasteiger partial charge in [-0.1, -0.05) is 0 Å². The number of hydrogen-bond acceptors (Lipinski definition) is 5. The quantitative estimate of drug-likeness (QED) is 0.721. The minimum Gasteiger partial charge on any atom is -0.267 e. The van der Waals surface area contributed by atoms with Crippen LogP contribution in [0.3, 0.4) is 0 Å². The van der Waals surface area contributed by atoms with Crippen molar-refractivity contribution in [3.8, 4) is 0 Å². The zero-order chi connectivity index (χ0) is 16.9. The Kier molecular flexibility index (Phi) is 3.85. The van der Waals surface area contributed by atoms with Gasteiger partial charge < -0.3 is 0 Å². The fourth-order valence-electron chi connectivity index (χ4n) is 2.37. The van der Waals surface area contributed by atoms with Gasteiger partial charge in [-0.25, -0.2) is 9.66 Å². The van der Waals surface area contributed by atoms with Crippen LogP contribution in [0, 0.1) is 20.8 Å². The SMILES string of the molecule is Cc1cc2c(=O)n(NC(=O)c3c(Br)c(C)nn3C)c(C)nc2s1. The predicted octanol–water partition coefficient (Wildman–Crippen LogP) is 2.26. The van der Waals surface area contributed by atoms with Gasteiger partial charge in [-0.2, -0.15) is 5.10 Å². The highest BCUT2D eigenvalue weighted by Crippen LogP contribution is 2.21. The maximum atomic E-state index is 12.6. The molecular weight excluding hydrogens is 382 g/mol. The molecule has 1 amide bonds. The first-order valence-corrected chi connectivity index (χ1v) is 8.40. The molecule has 3 rings (SSSR count). The second-order valence-electron chi connectivity index (χ2n) is 5.19. The lowest BCUT2D eigenvalue weighted by atomic mass is 10.3. The predicted molar refractivity (Wildman–Crippen MR) is 92.7 cm³/mol. The van der Waals surface area contributed by atoms with Crippen molar-refractivity contribution in [2.75, 3.05) is 5.43 Å². The Balaban J connectivity index is 2.08. The number of amides is 1. The number of rotatable bonds is 2. The third kappa shape index (κ3) is 2.59. The molecule has 0 fully saturated rings. The van der Waals surface area contributed by atoms with Gasteiger partial charge in [0.2, 0.25) is 0 Å². The molecule has 1 N–H and O–H groups in total. The molecule has 0 saturated carbocycles. The van der Waals surface area contributed by atoms with E-state index in [1.54, 1.807) is 27.0 Å². The average Bonchev–Trinajstić information content (AvgIpc) is 2.95. The van der Waals surface area contributed by atoms with Gasteiger partial charge in [0.15, 0.2) is 0 Å². The third-order valence-corrected chi connectivity index (χ3v) is 5.33. The van der Waals surface area contributed by atoms with Crippen molar-refractivity contribution >= 4 is 43.4 Å². The number of aromatic nitrogens is 4. The van der Waals surface area contributed by atoms with Crippen LogP contribution in [0.4, 0.5) is 0 Å². The summed E-state index contributed by atoms with van der Waals surface area (Å²) in [5.74, 6) is -0.00834. The summed E-state index contributed by atoms with van der Waals surface area (Å²) in [6.45, 7) is 5.39. The topological polar surface area (TPSA) is 81.8 Å². The summed E-state index contributed by atoms with van der Waals surface area (Å²) < 4.78 is 3.24. The summed E-state index contributed by atoms with van der Waals surface area (Å²) in [5, 5.41) is 4.68. The van der Waals surface area contributed by atoms with E-state index in [1.807, 2.05) is 6.92 Å². The lowest BCUT2D eigenvalue weighted by Crippen LogP contribution is -2.36. The Bertz CT molecular complexity index is 1000. The standard InChI is InChI=1S/C14H14BrN5O2S/c1-6-5-9-13(23-6)16-8(3)20(14(9)22)18-12(21)11-10(15)7(2)17-19(11)4/h5H,1-4H3,(H,18,21). The second kappa shape index (κ2) is 5.57. The first-order valence-electron chi connectivity index (χ1n) is 6.80. The minimum atomic E-state index is -0.432. The first-order chi connectivity index (χ1) is 10.8. The molecule has 0 aliphatic heterocycles. The molecule has 9 heteroatoms. The number of halogens is 1. The molecule has 120 valence electrons. The van der Waals surface area contributed by atoms with Crippen molar-refractivity contribution in [3.63, 3.8) is 0 Å². The number of thiophene rings is 1. The van der Waals surface area contributed by atoms with Crippen LogP contribution in [0.5, 0.6) is 0 Å². The van der Waals surface area contributed by atoms with E-state index in [0.29, 0.717) is 31.9 Å². The van der Waals surface area contributed by atoms with Gasteiger partial charge in [0.05, 0.1) is 15.6 Å². The van der Waals surface area contributed by atoms with E-state index < -0.39 is 5.91 Å². The van der Waals surface area contributed by atoms with Crippen LogP contribution in [0.1, 0.15) is 26.9 Å². The summed E-state index contributed by atoms with van der Waals surface area (Å²) in [7, 11) is 1.67. The maximum Gasteiger partial charge on any atom is 0.289 e. The highest BCUT2D eigenvalue weighted by molar-refractivity contribution is 9.10. The smallest absolute Gasteiger partial charge is 0.267 e. The Labute approximate surface area is 144 Å². The Morgan fingerprint density at radius 3 is 2.65 bits per heavy atom. The molecule has 0 aliphatic rings. The molecule has 0 saturated heterocycles. The largest absolute Gasteiger partial charge is 0.289 e. The maximum absolute atomic E-state index is 12.6. The van der Waals surface area contributed by atoms with E-state index >= 15 is 0 Å². The normalized spacial score (nSPS) is 11.2. The van der Waals surface area contributed by atoms with Crippen LogP contribution in [-0.4, -0.2) is 25.3 Å². The number of carbonyl (C=O) groups excluding carboxylic acids is 1. The van der Waals surface area contributed by atoms with Gasteiger partial charge in [-0.3, -0.25) is 19.7 Å². The molecule has 3 aromatic rings. The number of carbonyl (C=O) groups is 1. The van der Waals surface area contributed by atoms with E-state index in [4.69, 9.17) is 0 Å². The number of hydrogen-bond donors (Lipinski definition) is 1. The number of aryl methyl sites for hydroxylation is 4. The van der Waals surface area contributed by atoms with Crippen LogP contribution in [0.2, 0.25) is 0 Å². The van der Waals surface area contributed by atoms with Gasteiger partial charge in [-0.15, -0.1) is 11.3 Å². The fourth-order valence-corrected chi connectivity index (χ4v) is 3.80. The van der Waals surface area contributed by atoms with Crippen molar-refractivity contribution in [1.82, 2.24) is 19.4 Å². The lowest BCUT2D eigenvalue weighted by Gasteiger charge is -2.11. The number of fused-ring (bicyclic) bond motifs is 1. The minimum absolute atomic E-state index is 0.291.